The zero-order valence-electron chi connectivity index (χ0n) is 10.2. The Kier molecular flexibility index (Phi) is 3.45. The number of rotatable bonds is 4. The molecule has 2 aromatic rings. The standard InChI is InChI=1S/C13H16FNO2/c1-15(2)8-13(16-3)10-7-12-9(4-5-17-12)6-11(10)14/h4-7,13H,8H2,1-3H3. The molecule has 4 heteroatoms. The Morgan fingerprint density at radius 2 is 2.18 bits per heavy atom. The molecule has 0 aliphatic rings. The average molecular weight is 237 g/mol. The summed E-state index contributed by atoms with van der Waals surface area (Å²) in [6, 6.07) is 4.94. The zero-order chi connectivity index (χ0) is 12.4. The Labute approximate surface area is 99.8 Å². The fourth-order valence-electron chi connectivity index (χ4n) is 1.88. The Bertz CT molecular complexity index is 507. The van der Waals surface area contributed by atoms with E-state index in [2.05, 4.69) is 0 Å². The molecule has 0 N–H and O–H groups in total. The normalized spacial score (nSPS) is 13.5. The number of hydrogen-bond donors (Lipinski definition) is 0. The van der Waals surface area contributed by atoms with Crippen molar-refractivity contribution < 1.29 is 13.5 Å². The highest BCUT2D eigenvalue weighted by molar-refractivity contribution is 5.78. The van der Waals surface area contributed by atoms with Gasteiger partial charge in [-0.2, -0.15) is 0 Å². The molecule has 1 aromatic carbocycles. The van der Waals surface area contributed by atoms with Crippen LogP contribution in [0.1, 0.15) is 11.7 Å². The van der Waals surface area contributed by atoms with Crippen molar-refractivity contribution in [1.29, 1.82) is 0 Å². The van der Waals surface area contributed by atoms with E-state index in [0.29, 0.717) is 17.7 Å². The summed E-state index contributed by atoms with van der Waals surface area (Å²) < 4.78 is 24.6. The Balaban J connectivity index is 2.41. The van der Waals surface area contributed by atoms with Gasteiger partial charge in [0, 0.05) is 24.6 Å². The second-order valence-corrected chi connectivity index (χ2v) is 4.32. The van der Waals surface area contributed by atoms with Crippen LogP contribution >= 0.6 is 0 Å². The van der Waals surface area contributed by atoms with E-state index in [-0.39, 0.29) is 11.9 Å². The van der Waals surface area contributed by atoms with E-state index in [9.17, 15) is 4.39 Å². The number of nitrogens with zero attached hydrogens (tertiary/aromatic N) is 1. The highest BCUT2D eigenvalue weighted by Crippen LogP contribution is 2.26. The first-order chi connectivity index (χ1) is 8.11. The van der Waals surface area contributed by atoms with E-state index >= 15 is 0 Å². The van der Waals surface area contributed by atoms with Crippen molar-refractivity contribution >= 4 is 11.0 Å². The Morgan fingerprint density at radius 3 is 2.82 bits per heavy atom. The smallest absolute Gasteiger partial charge is 0.134 e. The molecule has 0 saturated heterocycles. The lowest BCUT2D eigenvalue weighted by atomic mass is 10.1. The van der Waals surface area contributed by atoms with E-state index in [4.69, 9.17) is 9.15 Å². The van der Waals surface area contributed by atoms with Gasteiger partial charge < -0.3 is 14.1 Å². The van der Waals surface area contributed by atoms with Gasteiger partial charge in [0.15, 0.2) is 0 Å². The molecule has 0 saturated carbocycles. The molecule has 1 heterocycles. The molecule has 92 valence electrons. The summed E-state index contributed by atoms with van der Waals surface area (Å²) in [7, 11) is 5.44. The lowest BCUT2D eigenvalue weighted by Crippen LogP contribution is -2.22. The molecule has 0 aliphatic carbocycles. The maximum atomic E-state index is 13.9. The van der Waals surface area contributed by atoms with Gasteiger partial charge in [0.25, 0.3) is 0 Å². The lowest BCUT2D eigenvalue weighted by molar-refractivity contribution is 0.0756. The van der Waals surface area contributed by atoms with Crippen LogP contribution in [0.4, 0.5) is 4.39 Å². The van der Waals surface area contributed by atoms with E-state index in [1.807, 2.05) is 19.0 Å². The SMILES string of the molecule is COC(CN(C)C)c1cc2occc2cc1F. The highest BCUT2D eigenvalue weighted by atomic mass is 19.1. The monoisotopic (exact) mass is 237 g/mol. The number of likely N-dealkylation sites (N-methyl/N-ethyl adjacent to an activating group) is 1. The van der Waals surface area contributed by atoms with Crippen molar-refractivity contribution in [3.63, 3.8) is 0 Å². The minimum absolute atomic E-state index is 0.257. The molecule has 0 radical (unpaired) electrons. The van der Waals surface area contributed by atoms with Gasteiger partial charge in [-0.3, -0.25) is 0 Å². The third kappa shape index (κ3) is 2.48. The molecule has 1 aromatic heterocycles. The first kappa shape index (κ1) is 12.1. The maximum Gasteiger partial charge on any atom is 0.134 e. The minimum atomic E-state index is -0.292. The molecule has 0 amide bonds. The van der Waals surface area contributed by atoms with Crippen molar-refractivity contribution in [3.8, 4) is 0 Å². The first-order valence-corrected chi connectivity index (χ1v) is 5.46. The molecule has 0 bridgehead atoms. The van der Waals surface area contributed by atoms with Crippen LogP contribution in [0, 0.1) is 5.82 Å². The number of methoxy groups -OCH3 is 1. The van der Waals surface area contributed by atoms with Crippen molar-refractivity contribution in [2.45, 2.75) is 6.10 Å². The van der Waals surface area contributed by atoms with Gasteiger partial charge in [-0.05, 0) is 32.3 Å². The Morgan fingerprint density at radius 1 is 1.41 bits per heavy atom. The number of fused-ring (bicyclic) bond motifs is 1. The minimum Gasteiger partial charge on any atom is -0.464 e. The summed E-state index contributed by atoms with van der Waals surface area (Å²) in [5, 5.41) is 0.769. The number of ether oxygens (including phenoxy) is 1. The quantitative estimate of drug-likeness (QED) is 0.817. The van der Waals surface area contributed by atoms with Gasteiger partial charge in [0.1, 0.15) is 11.4 Å². The lowest BCUT2D eigenvalue weighted by Gasteiger charge is -2.20. The predicted molar refractivity (Wildman–Crippen MR) is 64.5 cm³/mol. The zero-order valence-corrected chi connectivity index (χ0v) is 10.2. The van der Waals surface area contributed by atoms with Gasteiger partial charge in [-0.1, -0.05) is 0 Å². The number of halogens is 1. The summed E-state index contributed by atoms with van der Waals surface area (Å²) >= 11 is 0. The highest BCUT2D eigenvalue weighted by Gasteiger charge is 2.17. The molecular weight excluding hydrogens is 221 g/mol. The predicted octanol–water partition coefficient (Wildman–Crippen LogP) is 2.82. The van der Waals surface area contributed by atoms with Crippen molar-refractivity contribution in [2.24, 2.45) is 0 Å². The second kappa shape index (κ2) is 4.85. The van der Waals surface area contributed by atoms with Crippen LogP contribution in [0.15, 0.2) is 28.9 Å². The van der Waals surface area contributed by atoms with Gasteiger partial charge in [0.05, 0.1) is 12.4 Å². The van der Waals surface area contributed by atoms with Crippen LogP contribution in [0.25, 0.3) is 11.0 Å². The van der Waals surface area contributed by atoms with Gasteiger partial charge in [-0.15, -0.1) is 0 Å². The summed E-state index contributed by atoms with van der Waals surface area (Å²) in [5.41, 5.74) is 1.21. The second-order valence-electron chi connectivity index (χ2n) is 4.32. The first-order valence-electron chi connectivity index (χ1n) is 5.46. The topological polar surface area (TPSA) is 25.6 Å². The number of hydrogen-bond acceptors (Lipinski definition) is 3. The molecule has 2 rings (SSSR count). The van der Waals surface area contributed by atoms with Crippen LogP contribution in [-0.2, 0) is 4.74 Å². The van der Waals surface area contributed by atoms with Crippen LogP contribution in [0.2, 0.25) is 0 Å². The van der Waals surface area contributed by atoms with E-state index in [1.54, 1.807) is 25.5 Å². The molecule has 3 nitrogen and oxygen atoms in total. The van der Waals surface area contributed by atoms with Gasteiger partial charge >= 0.3 is 0 Å². The summed E-state index contributed by atoms with van der Waals surface area (Å²) in [4.78, 5) is 1.96. The molecule has 0 fully saturated rings. The fraction of sp³-hybridized carbons (Fsp3) is 0.385. The average Bonchev–Trinajstić information content (AvgIpc) is 2.71. The van der Waals surface area contributed by atoms with Crippen molar-refractivity contribution in [1.82, 2.24) is 4.90 Å². The Hall–Kier alpha value is -1.39. The van der Waals surface area contributed by atoms with Crippen LogP contribution in [0.5, 0.6) is 0 Å². The van der Waals surface area contributed by atoms with E-state index < -0.39 is 0 Å². The van der Waals surface area contributed by atoms with Crippen LogP contribution in [0.3, 0.4) is 0 Å². The molecule has 0 aliphatic heterocycles. The molecule has 17 heavy (non-hydrogen) atoms. The maximum absolute atomic E-state index is 13.9. The summed E-state index contributed by atoms with van der Waals surface area (Å²) in [6.07, 6.45) is 1.27. The molecule has 0 spiro atoms. The van der Waals surface area contributed by atoms with Gasteiger partial charge in [-0.25, -0.2) is 4.39 Å². The fourth-order valence-corrected chi connectivity index (χ4v) is 1.88. The largest absolute Gasteiger partial charge is 0.464 e. The van der Waals surface area contributed by atoms with Crippen LogP contribution < -0.4 is 0 Å². The van der Waals surface area contributed by atoms with Gasteiger partial charge in [0.2, 0.25) is 0 Å². The van der Waals surface area contributed by atoms with Crippen molar-refractivity contribution in [2.75, 3.05) is 27.7 Å². The summed E-state index contributed by atoms with van der Waals surface area (Å²) in [6.45, 7) is 0.625. The molecule has 1 unspecified atom stereocenters. The summed E-state index contributed by atoms with van der Waals surface area (Å²) in [5.74, 6) is -0.257. The van der Waals surface area contributed by atoms with Crippen LogP contribution in [-0.4, -0.2) is 32.6 Å². The van der Waals surface area contributed by atoms with E-state index in [1.165, 1.54) is 6.07 Å². The third-order valence-corrected chi connectivity index (χ3v) is 2.73. The number of benzene rings is 1. The third-order valence-electron chi connectivity index (χ3n) is 2.73. The molecular formula is C13H16FNO2. The number of furan rings is 1. The van der Waals surface area contributed by atoms with E-state index in [0.717, 1.165) is 5.39 Å². The van der Waals surface area contributed by atoms with Crippen molar-refractivity contribution in [3.05, 3.63) is 35.8 Å². The molecule has 1 atom stereocenters.